The van der Waals surface area contributed by atoms with Crippen molar-refractivity contribution in [3.8, 4) is 0 Å². The molecule has 0 amide bonds. The van der Waals surface area contributed by atoms with Crippen molar-refractivity contribution in [2.75, 3.05) is 7.05 Å². The number of hydrogen-bond donors (Lipinski definition) is 2. The second-order valence-corrected chi connectivity index (χ2v) is 4.13. The lowest BCUT2D eigenvalue weighted by Crippen LogP contribution is -2.51. The summed E-state index contributed by atoms with van der Waals surface area (Å²) in [6, 6.07) is 9.62. The van der Waals surface area contributed by atoms with Crippen molar-refractivity contribution in [3.63, 3.8) is 0 Å². The van der Waals surface area contributed by atoms with E-state index in [4.69, 9.17) is 5.84 Å². The lowest BCUT2D eigenvalue weighted by Gasteiger charge is -2.39. The van der Waals surface area contributed by atoms with E-state index < -0.39 is 11.6 Å². The van der Waals surface area contributed by atoms with Crippen molar-refractivity contribution in [1.29, 1.82) is 0 Å². The molecule has 3 nitrogen and oxygen atoms in total. The summed E-state index contributed by atoms with van der Waals surface area (Å²) >= 11 is 0. The maximum atomic E-state index is 10.3. The molecule has 0 aliphatic carbocycles. The van der Waals surface area contributed by atoms with Crippen LogP contribution in [0.25, 0.3) is 0 Å². The molecule has 0 radical (unpaired) electrons. The first-order valence-electron chi connectivity index (χ1n) is 5.24. The Balaban J connectivity index is 2.97. The third-order valence-corrected chi connectivity index (χ3v) is 3.23. The van der Waals surface area contributed by atoms with Crippen LogP contribution in [0, 0.1) is 0 Å². The van der Waals surface area contributed by atoms with Crippen LogP contribution in [0.1, 0.15) is 31.9 Å². The van der Waals surface area contributed by atoms with Gasteiger partial charge in [0.05, 0.1) is 11.6 Å². The van der Waals surface area contributed by atoms with Crippen LogP contribution in [0.3, 0.4) is 0 Å². The number of benzene rings is 1. The maximum Gasteiger partial charge on any atom is 0.0984 e. The Bertz CT molecular complexity index is 300. The van der Waals surface area contributed by atoms with Crippen LogP contribution in [0.5, 0.6) is 0 Å². The van der Waals surface area contributed by atoms with Crippen molar-refractivity contribution >= 4 is 0 Å². The van der Waals surface area contributed by atoms with E-state index in [-0.39, 0.29) is 0 Å². The van der Waals surface area contributed by atoms with E-state index in [0.29, 0.717) is 0 Å². The summed E-state index contributed by atoms with van der Waals surface area (Å²) in [5.74, 6) is 5.79. The molecular formula is C12H20N2O. The van der Waals surface area contributed by atoms with Gasteiger partial charge < -0.3 is 5.11 Å². The molecule has 2 atom stereocenters. The molecule has 1 aromatic carbocycles. The fraction of sp³-hybridized carbons (Fsp3) is 0.500. The first-order chi connectivity index (χ1) is 7.02. The number of hydrogen-bond acceptors (Lipinski definition) is 3. The van der Waals surface area contributed by atoms with Gasteiger partial charge in [0.1, 0.15) is 0 Å². The van der Waals surface area contributed by atoms with Crippen LogP contribution in [-0.4, -0.2) is 22.7 Å². The van der Waals surface area contributed by atoms with Gasteiger partial charge in [0.25, 0.3) is 0 Å². The van der Waals surface area contributed by atoms with Gasteiger partial charge in [0.2, 0.25) is 0 Å². The van der Waals surface area contributed by atoms with Crippen molar-refractivity contribution in [3.05, 3.63) is 35.9 Å². The summed E-state index contributed by atoms with van der Waals surface area (Å²) in [4.78, 5) is 0. The number of nitrogens with two attached hydrogens (primary N) is 1. The molecule has 0 bridgehead atoms. The molecule has 0 saturated carbocycles. The molecule has 3 heteroatoms. The highest BCUT2D eigenvalue weighted by Gasteiger charge is 2.34. The number of hydrazine groups is 1. The molecule has 0 fully saturated rings. The van der Waals surface area contributed by atoms with E-state index >= 15 is 0 Å². The number of nitrogens with zero attached hydrogens (tertiary/aromatic N) is 1. The summed E-state index contributed by atoms with van der Waals surface area (Å²) in [6.45, 7) is 3.99. The molecule has 84 valence electrons. The Kier molecular flexibility index (Phi) is 3.85. The highest BCUT2D eigenvalue weighted by atomic mass is 16.3. The Labute approximate surface area is 91.5 Å². The zero-order chi connectivity index (χ0) is 11.5. The molecular weight excluding hydrogens is 188 g/mol. The van der Waals surface area contributed by atoms with Crippen molar-refractivity contribution in [1.82, 2.24) is 5.01 Å². The normalized spacial score (nSPS) is 17.5. The average Bonchev–Trinajstić information content (AvgIpc) is 2.28. The fourth-order valence-electron chi connectivity index (χ4n) is 1.63. The van der Waals surface area contributed by atoms with E-state index in [0.717, 1.165) is 12.0 Å². The highest BCUT2D eigenvalue weighted by Crippen LogP contribution is 2.31. The molecule has 0 aliphatic rings. The van der Waals surface area contributed by atoms with Gasteiger partial charge in [-0.1, -0.05) is 37.3 Å². The van der Waals surface area contributed by atoms with E-state index in [1.165, 1.54) is 0 Å². The van der Waals surface area contributed by atoms with Crippen LogP contribution in [0.15, 0.2) is 30.3 Å². The van der Waals surface area contributed by atoms with Crippen molar-refractivity contribution in [2.45, 2.75) is 31.9 Å². The Morgan fingerprint density at radius 3 is 2.33 bits per heavy atom. The minimum absolute atomic E-state index is 0.429. The Morgan fingerprint density at radius 1 is 1.40 bits per heavy atom. The number of rotatable bonds is 4. The van der Waals surface area contributed by atoms with Crippen LogP contribution < -0.4 is 5.84 Å². The minimum Gasteiger partial charge on any atom is -0.386 e. The smallest absolute Gasteiger partial charge is 0.0984 e. The second-order valence-electron chi connectivity index (χ2n) is 4.13. The third-order valence-electron chi connectivity index (χ3n) is 3.23. The van der Waals surface area contributed by atoms with Crippen LogP contribution in [-0.2, 0) is 0 Å². The first kappa shape index (κ1) is 12.2. The van der Waals surface area contributed by atoms with Gasteiger partial charge in [0, 0.05) is 7.05 Å². The molecule has 0 spiro atoms. The first-order valence-corrected chi connectivity index (χ1v) is 5.24. The van der Waals surface area contributed by atoms with Crippen LogP contribution in [0.2, 0.25) is 0 Å². The Hall–Kier alpha value is -0.900. The van der Waals surface area contributed by atoms with Crippen molar-refractivity contribution in [2.24, 2.45) is 5.84 Å². The largest absolute Gasteiger partial charge is 0.386 e. The summed E-state index contributed by atoms with van der Waals surface area (Å²) in [5, 5.41) is 11.9. The molecule has 15 heavy (non-hydrogen) atoms. The molecule has 0 aromatic heterocycles. The van der Waals surface area contributed by atoms with Crippen LogP contribution in [0.4, 0.5) is 0 Å². The molecule has 2 unspecified atom stereocenters. The average molecular weight is 208 g/mol. The van der Waals surface area contributed by atoms with Gasteiger partial charge in [-0.2, -0.15) is 0 Å². The zero-order valence-electron chi connectivity index (χ0n) is 9.64. The lowest BCUT2D eigenvalue weighted by atomic mass is 9.86. The van der Waals surface area contributed by atoms with Gasteiger partial charge in [0.15, 0.2) is 0 Å². The third kappa shape index (κ3) is 2.37. The summed E-state index contributed by atoms with van der Waals surface area (Å²) in [7, 11) is 1.79. The molecule has 1 aromatic rings. The van der Waals surface area contributed by atoms with Gasteiger partial charge in [-0.05, 0) is 18.9 Å². The summed E-state index contributed by atoms with van der Waals surface area (Å²) in [6.07, 6.45) is 0.217. The van der Waals surface area contributed by atoms with E-state index in [9.17, 15) is 5.11 Å². The highest BCUT2D eigenvalue weighted by molar-refractivity contribution is 5.20. The summed E-state index contributed by atoms with van der Waals surface area (Å²) in [5.41, 5.74) is 0.473. The SMILES string of the molecule is CCC(C)(C(O)c1ccccc1)N(C)N. The van der Waals surface area contributed by atoms with E-state index in [1.54, 1.807) is 12.1 Å². The lowest BCUT2D eigenvalue weighted by molar-refractivity contribution is -0.0130. The van der Waals surface area contributed by atoms with Gasteiger partial charge >= 0.3 is 0 Å². The quantitative estimate of drug-likeness (QED) is 0.585. The van der Waals surface area contributed by atoms with E-state index in [1.807, 2.05) is 44.2 Å². The molecule has 3 N–H and O–H groups in total. The maximum absolute atomic E-state index is 10.3. The van der Waals surface area contributed by atoms with Gasteiger partial charge in [-0.25, -0.2) is 5.01 Å². The minimum atomic E-state index is -0.571. The standard InChI is InChI=1S/C12H20N2O/c1-4-12(2,14(3)13)11(15)10-8-6-5-7-9-10/h5-9,11,15H,4,13H2,1-3H3. The molecule has 0 aliphatic heterocycles. The topological polar surface area (TPSA) is 49.5 Å². The fourth-order valence-corrected chi connectivity index (χ4v) is 1.63. The molecule has 1 rings (SSSR count). The zero-order valence-corrected chi connectivity index (χ0v) is 9.64. The number of aliphatic hydroxyl groups excluding tert-OH is 1. The molecule has 0 saturated heterocycles. The van der Waals surface area contributed by atoms with Crippen LogP contribution >= 0.6 is 0 Å². The van der Waals surface area contributed by atoms with Gasteiger partial charge in [-0.15, -0.1) is 0 Å². The molecule has 0 heterocycles. The number of likely N-dealkylation sites (N-methyl/N-ethyl adjacent to an activating group) is 1. The van der Waals surface area contributed by atoms with E-state index in [2.05, 4.69) is 0 Å². The predicted molar refractivity (Wildman–Crippen MR) is 62.0 cm³/mol. The summed E-state index contributed by atoms with van der Waals surface area (Å²) < 4.78 is 0. The monoisotopic (exact) mass is 208 g/mol. The van der Waals surface area contributed by atoms with Crippen molar-refractivity contribution < 1.29 is 5.11 Å². The van der Waals surface area contributed by atoms with Gasteiger partial charge in [-0.3, -0.25) is 5.84 Å². The second kappa shape index (κ2) is 4.75. The number of aliphatic hydroxyl groups is 1. The Morgan fingerprint density at radius 2 is 1.93 bits per heavy atom. The predicted octanol–water partition coefficient (Wildman–Crippen LogP) is 1.69.